The Bertz CT molecular complexity index is 3280. The largest absolute Gasteiger partial charge is 0.242 e. The summed E-state index contributed by atoms with van der Waals surface area (Å²) < 4.78 is 0. The maximum Gasteiger partial charge on any atom is 0.242 e. The summed E-state index contributed by atoms with van der Waals surface area (Å²) in [6.45, 7) is 32.7. The number of hydrogen-bond acceptors (Lipinski definition) is 0. The molecule has 9 aromatic carbocycles. The van der Waals surface area contributed by atoms with E-state index < -0.39 is 0 Å². The van der Waals surface area contributed by atoms with E-state index in [4.69, 9.17) is 0 Å². The van der Waals surface area contributed by atoms with Crippen LogP contribution in [0.5, 0.6) is 0 Å². The average molecular weight is 897 g/mol. The molecule has 0 saturated heterocycles. The molecule has 0 fully saturated rings. The van der Waals surface area contributed by atoms with Crippen molar-refractivity contribution in [2.75, 3.05) is 0 Å². The van der Waals surface area contributed by atoms with Gasteiger partial charge in [-0.25, -0.2) is 0 Å². The van der Waals surface area contributed by atoms with E-state index in [2.05, 4.69) is 267 Å². The van der Waals surface area contributed by atoms with Crippen LogP contribution in [0.2, 0.25) is 0 Å². The maximum absolute atomic E-state index is 2.56. The molecule has 10 rings (SSSR count). The van der Waals surface area contributed by atoms with Crippen molar-refractivity contribution in [2.45, 2.75) is 124 Å². The maximum atomic E-state index is 2.56. The lowest BCUT2D eigenvalue weighted by Crippen LogP contribution is -2.52. The van der Waals surface area contributed by atoms with Crippen LogP contribution in [0.1, 0.15) is 130 Å². The Hall–Kier alpha value is -6.11. The summed E-state index contributed by atoms with van der Waals surface area (Å²) in [4.78, 5) is 0. The molecule has 0 atom stereocenters. The van der Waals surface area contributed by atoms with Crippen molar-refractivity contribution in [1.82, 2.24) is 0 Å². The van der Waals surface area contributed by atoms with Crippen LogP contribution in [0.15, 0.2) is 170 Å². The smallest absolute Gasteiger partial charge is 0.0686 e. The Labute approximate surface area is 414 Å². The number of benzene rings is 9. The summed E-state index contributed by atoms with van der Waals surface area (Å²) in [6.07, 6.45) is 0. The van der Waals surface area contributed by atoms with Gasteiger partial charge in [0.1, 0.15) is 0 Å². The lowest BCUT2D eigenvalue weighted by atomic mass is 9.36. The zero-order valence-corrected chi connectivity index (χ0v) is 43.8. The second kappa shape index (κ2) is 16.5. The summed E-state index contributed by atoms with van der Waals surface area (Å²) in [5, 5.41) is 7.95. The molecular formula is C67H70B2. The van der Waals surface area contributed by atoms with E-state index in [0.29, 0.717) is 0 Å². The molecule has 1 aliphatic rings. The van der Waals surface area contributed by atoms with Crippen molar-refractivity contribution in [2.24, 2.45) is 0 Å². The highest BCUT2D eigenvalue weighted by molar-refractivity contribution is 6.97. The van der Waals surface area contributed by atoms with E-state index in [-0.39, 0.29) is 40.5 Å². The molecule has 2 heteroatoms. The van der Waals surface area contributed by atoms with Crippen molar-refractivity contribution < 1.29 is 0 Å². The minimum Gasteiger partial charge on any atom is -0.0686 e. The van der Waals surface area contributed by atoms with E-state index in [1.54, 1.807) is 0 Å². The van der Waals surface area contributed by atoms with Crippen molar-refractivity contribution >= 4 is 78.5 Å². The first-order chi connectivity index (χ1) is 32.5. The molecule has 9 aromatic rings. The van der Waals surface area contributed by atoms with Gasteiger partial charge in [0, 0.05) is 5.41 Å². The third kappa shape index (κ3) is 8.26. The van der Waals surface area contributed by atoms with Gasteiger partial charge in [0.2, 0.25) is 13.4 Å². The Balaban J connectivity index is 1.19. The Morgan fingerprint density at radius 2 is 0.696 bits per heavy atom. The van der Waals surface area contributed by atoms with Gasteiger partial charge in [0.25, 0.3) is 0 Å². The zero-order chi connectivity index (χ0) is 49.0. The summed E-state index contributed by atoms with van der Waals surface area (Å²) in [7, 11) is 0. The monoisotopic (exact) mass is 897 g/mol. The van der Waals surface area contributed by atoms with Crippen LogP contribution in [0.3, 0.4) is 0 Å². The lowest BCUT2D eigenvalue weighted by molar-refractivity contribution is 0.590. The van der Waals surface area contributed by atoms with Gasteiger partial charge in [-0.05, 0) is 105 Å². The molecule has 69 heavy (non-hydrogen) atoms. The second-order valence-corrected chi connectivity index (χ2v) is 25.0. The summed E-state index contributed by atoms with van der Waals surface area (Å²) in [6, 6.07) is 66.7. The molecule has 0 nitrogen and oxygen atoms in total. The normalized spacial score (nSPS) is 13.8. The Kier molecular flexibility index (Phi) is 11.2. The SMILES string of the molecule is CC(C)(C)c1ccc(B(c2ccc(C(C)(C)C)cc2)c2ccc3c(c2)C(C)(C)c2cccc4c2c-3cc2c3ccccc3c(B(c3ccc(C(C)(C)C)cc3)c3ccc(C(C)(C)C)cc3)cc42)cc1. The number of fused-ring (bicyclic) bond motifs is 6. The molecule has 0 saturated carbocycles. The molecule has 0 unspecified atom stereocenters. The van der Waals surface area contributed by atoms with Crippen LogP contribution in [0, 0.1) is 0 Å². The molecule has 0 bridgehead atoms. The van der Waals surface area contributed by atoms with E-state index >= 15 is 0 Å². The van der Waals surface area contributed by atoms with Crippen LogP contribution < -0.4 is 32.8 Å². The molecule has 0 aromatic heterocycles. The molecule has 344 valence electrons. The van der Waals surface area contributed by atoms with Gasteiger partial charge in [-0.3, -0.25) is 0 Å². The second-order valence-electron chi connectivity index (χ2n) is 25.0. The lowest BCUT2D eigenvalue weighted by Gasteiger charge is -2.36. The quantitative estimate of drug-likeness (QED) is 0.115. The van der Waals surface area contributed by atoms with Gasteiger partial charge in [-0.2, -0.15) is 0 Å². The first-order valence-corrected chi connectivity index (χ1v) is 25.5. The molecule has 0 heterocycles. The van der Waals surface area contributed by atoms with E-state index in [1.807, 2.05) is 0 Å². The molecule has 1 aliphatic carbocycles. The molecule has 0 radical (unpaired) electrons. The van der Waals surface area contributed by atoms with Crippen molar-refractivity contribution in [1.29, 1.82) is 0 Å². The van der Waals surface area contributed by atoms with E-state index in [1.165, 1.54) is 110 Å². The van der Waals surface area contributed by atoms with E-state index in [0.717, 1.165) is 0 Å². The predicted molar refractivity (Wildman–Crippen MR) is 306 cm³/mol. The van der Waals surface area contributed by atoms with Gasteiger partial charge in [0.05, 0.1) is 0 Å². The van der Waals surface area contributed by atoms with Gasteiger partial charge in [0.15, 0.2) is 0 Å². The van der Waals surface area contributed by atoms with Crippen LogP contribution in [0.25, 0.3) is 43.4 Å². The summed E-state index contributed by atoms with van der Waals surface area (Å²) in [5.74, 6) is 0. The third-order valence-electron chi connectivity index (χ3n) is 15.8. The van der Waals surface area contributed by atoms with Gasteiger partial charge < -0.3 is 0 Å². The highest BCUT2D eigenvalue weighted by Crippen LogP contribution is 2.50. The van der Waals surface area contributed by atoms with Crippen molar-refractivity contribution in [3.8, 4) is 11.1 Å². The number of rotatable bonds is 6. The van der Waals surface area contributed by atoms with Crippen molar-refractivity contribution in [3.05, 3.63) is 203 Å². The van der Waals surface area contributed by atoms with Gasteiger partial charge in [-0.1, -0.05) is 294 Å². The molecule has 0 spiro atoms. The summed E-state index contributed by atoms with van der Waals surface area (Å²) in [5.41, 5.74) is 18.9. The molecule has 0 N–H and O–H groups in total. The van der Waals surface area contributed by atoms with Crippen molar-refractivity contribution in [3.63, 3.8) is 0 Å². The fourth-order valence-electron chi connectivity index (χ4n) is 11.5. The zero-order valence-electron chi connectivity index (χ0n) is 43.8. The van der Waals surface area contributed by atoms with Crippen LogP contribution >= 0.6 is 0 Å². The van der Waals surface area contributed by atoms with E-state index in [9.17, 15) is 0 Å². The Morgan fingerprint density at radius 3 is 1.14 bits per heavy atom. The predicted octanol–water partition coefficient (Wildman–Crippen LogP) is 13.7. The van der Waals surface area contributed by atoms with Gasteiger partial charge >= 0.3 is 0 Å². The minimum atomic E-state index is -0.242. The molecule has 0 amide bonds. The average Bonchev–Trinajstić information content (AvgIpc) is 3.30. The fraction of sp³-hybridized carbons (Fsp3) is 0.284. The topological polar surface area (TPSA) is 0 Å². The molecular weight excluding hydrogens is 826 g/mol. The highest BCUT2D eigenvalue weighted by atomic mass is 14.4. The van der Waals surface area contributed by atoms with Crippen LogP contribution in [-0.2, 0) is 27.1 Å². The first kappa shape index (κ1) is 46.6. The first-order valence-electron chi connectivity index (χ1n) is 25.5. The Morgan fingerprint density at radius 1 is 0.304 bits per heavy atom. The third-order valence-corrected chi connectivity index (χ3v) is 15.8. The number of hydrogen-bond donors (Lipinski definition) is 0. The standard InChI is InChI=1S/C67H70B2/c1-63(2,3)43-22-30-47(31-23-43)68(48-32-24-44(25-33-48)64(4,5)6)51-38-39-53-58-41-56-52-18-15-16-19-54(52)61(42-57(56)55-20-17-21-59(62(55)58)67(13,14)60(53)40-51)69(49-34-26-45(27-35-49)65(7,8)9)50-36-28-46(29-37-50)66(10,11)12/h15-42H,1-14H3. The minimum absolute atomic E-state index is 0.0472. The summed E-state index contributed by atoms with van der Waals surface area (Å²) >= 11 is 0. The fourth-order valence-corrected chi connectivity index (χ4v) is 11.5. The molecule has 0 aliphatic heterocycles. The van der Waals surface area contributed by atoms with Gasteiger partial charge in [-0.15, -0.1) is 0 Å². The van der Waals surface area contributed by atoms with Crippen LogP contribution in [0.4, 0.5) is 0 Å². The van der Waals surface area contributed by atoms with Crippen LogP contribution in [-0.4, -0.2) is 13.4 Å². The highest BCUT2D eigenvalue weighted by Gasteiger charge is 2.36.